The van der Waals surface area contributed by atoms with Gasteiger partial charge >= 0.3 is 7.05 Å². The lowest BCUT2D eigenvalue weighted by molar-refractivity contribution is 0.128. The second kappa shape index (κ2) is 7.76. The van der Waals surface area contributed by atoms with Crippen LogP contribution in [0.25, 0.3) is 0 Å². The predicted molar refractivity (Wildman–Crippen MR) is 99.6 cm³/mol. The summed E-state index contributed by atoms with van der Waals surface area (Å²) in [5.41, 5.74) is 7.70. The van der Waals surface area contributed by atoms with Crippen LogP contribution in [0.4, 0.5) is 21.5 Å². The molecular formula is C18H23BFN3O2. The van der Waals surface area contributed by atoms with Crippen molar-refractivity contribution in [2.45, 2.75) is 25.8 Å². The fraction of sp³-hybridized carbons (Fsp3) is 0.333. The van der Waals surface area contributed by atoms with Gasteiger partial charge in [-0.25, -0.2) is 4.39 Å². The molecule has 0 atom stereocenters. The molecular weight excluding hydrogens is 320 g/mol. The summed E-state index contributed by atoms with van der Waals surface area (Å²) in [6.45, 7) is 3.47. The maximum Gasteiger partial charge on any atom is 0.376 e. The van der Waals surface area contributed by atoms with Crippen LogP contribution < -0.4 is 15.8 Å². The molecule has 0 aromatic heterocycles. The Bertz CT molecular complexity index is 704. The quantitative estimate of drug-likeness (QED) is 0.575. The van der Waals surface area contributed by atoms with Crippen LogP contribution in [0, 0.1) is 5.82 Å². The molecule has 0 aliphatic carbocycles. The molecule has 1 aliphatic heterocycles. The standard InChI is InChI=1S/C18H23BFN3O2/c1-19(24)23-10-8-16(9-11-23)25-15-5-3-14(4-6-15)22-18-7-2-13(20)12-17(18)21/h2-7,12,16,22,24H,8-11,21H2,1H3. The lowest BCUT2D eigenvalue weighted by atomic mass is 9.82. The molecule has 0 saturated carbocycles. The molecule has 0 bridgehead atoms. The smallest absolute Gasteiger partial charge is 0.376 e. The third-order valence-corrected chi connectivity index (χ3v) is 4.45. The van der Waals surface area contributed by atoms with Crippen LogP contribution in [0.2, 0.25) is 6.82 Å². The molecule has 4 N–H and O–H groups in total. The molecule has 2 aromatic rings. The van der Waals surface area contributed by atoms with Crippen molar-refractivity contribution >= 4 is 24.1 Å². The second-order valence-electron chi connectivity index (χ2n) is 6.37. The summed E-state index contributed by atoms with van der Waals surface area (Å²) in [6, 6.07) is 11.9. The fourth-order valence-corrected chi connectivity index (χ4v) is 2.98. The highest BCUT2D eigenvalue weighted by molar-refractivity contribution is 6.45. The number of benzene rings is 2. The fourth-order valence-electron chi connectivity index (χ4n) is 2.98. The topological polar surface area (TPSA) is 70.8 Å². The van der Waals surface area contributed by atoms with Gasteiger partial charge in [0.15, 0.2) is 0 Å². The third kappa shape index (κ3) is 4.64. The number of ether oxygens (including phenoxy) is 1. The SMILES string of the molecule is CB(O)N1CCC(Oc2ccc(Nc3ccc(F)cc3N)cc2)CC1. The van der Waals surface area contributed by atoms with E-state index in [0.29, 0.717) is 11.4 Å². The van der Waals surface area contributed by atoms with E-state index in [1.165, 1.54) is 12.1 Å². The van der Waals surface area contributed by atoms with Crippen LogP contribution in [-0.2, 0) is 0 Å². The first-order chi connectivity index (χ1) is 12.0. The second-order valence-corrected chi connectivity index (χ2v) is 6.37. The van der Waals surface area contributed by atoms with Gasteiger partial charge in [0.1, 0.15) is 17.7 Å². The first-order valence-electron chi connectivity index (χ1n) is 8.52. The maximum atomic E-state index is 13.1. The first-order valence-corrected chi connectivity index (χ1v) is 8.52. The van der Waals surface area contributed by atoms with E-state index in [0.717, 1.165) is 37.4 Å². The number of nitrogens with two attached hydrogens (primary N) is 1. The molecule has 1 aliphatic rings. The van der Waals surface area contributed by atoms with Gasteiger partial charge in [-0.05, 0) is 75.2 Å². The Morgan fingerprint density at radius 1 is 1.20 bits per heavy atom. The largest absolute Gasteiger partial charge is 0.490 e. The Hall–Kier alpha value is -2.25. The number of hydrogen-bond donors (Lipinski definition) is 3. The van der Waals surface area contributed by atoms with Crippen molar-refractivity contribution in [1.82, 2.24) is 4.81 Å². The number of piperidine rings is 1. The lowest BCUT2D eigenvalue weighted by Crippen LogP contribution is -2.45. The summed E-state index contributed by atoms with van der Waals surface area (Å²) in [6.07, 6.45) is 1.97. The highest BCUT2D eigenvalue weighted by Crippen LogP contribution is 2.26. The normalized spacial score (nSPS) is 15.8. The Morgan fingerprint density at radius 2 is 1.88 bits per heavy atom. The zero-order valence-corrected chi connectivity index (χ0v) is 14.3. The highest BCUT2D eigenvalue weighted by Gasteiger charge is 2.24. The van der Waals surface area contributed by atoms with Gasteiger partial charge in [-0.2, -0.15) is 0 Å². The zero-order chi connectivity index (χ0) is 17.8. The Morgan fingerprint density at radius 3 is 2.48 bits per heavy atom. The molecule has 1 saturated heterocycles. The van der Waals surface area contributed by atoms with Gasteiger partial charge in [-0.1, -0.05) is 0 Å². The number of nitrogen functional groups attached to an aromatic ring is 1. The van der Waals surface area contributed by atoms with Crippen LogP contribution >= 0.6 is 0 Å². The molecule has 132 valence electrons. The molecule has 0 spiro atoms. The minimum Gasteiger partial charge on any atom is -0.490 e. The van der Waals surface area contributed by atoms with Crippen LogP contribution in [0.1, 0.15) is 12.8 Å². The zero-order valence-electron chi connectivity index (χ0n) is 14.3. The van der Waals surface area contributed by atoms with Crippen molar-refractivity contribution in [2.24, 2.45) is 0 Å². The van der Waals surface area contributed by atoms with Crippen molar-refractivity contribution in [2.75, 3.05) is 24.1 Å². The number of rotatable bonds is 5. The summed E-state index contributed by atoms with van der Waals surface area (Å²) in [5.74, 6) is 0.460. The minimum atomic E-state index is -0.398. The van der Waals surface area contributed by atoms with E-state index in [-0.39, 0.29) is 11.9 Å². The van der Waals surface area contributed by atoms with E-state index in [2.05, 4.69) is 5.32 Å². The summed E-state index contributed by atoms with van der Waals surface area (Å²) in [4.78, 5) is 2.04. The number of hydrogen-bond acceptors (Lipinski definition) is 5. The summed E-state index contributed by atoms with van der Waals surface area (Å²) < 4.78 is 19.1. The van der Waals surface area contributed by atoms with E-state index in [1.54, 1.807) is 12.9 Å². The van der Waals surface area contributed by atoms with Crippen LogP contribution in [0.15, 0.2) is 42.5 Å². The Kier molecular flexibility index (Phi) is 5.45. The van der Waals surface area contributed by atoms with E-state index in [1.807, 2.05) is 29.1 Å². The molecule has 25 heavy (non-hydrogen) atoms. The molecule has 1 heterocycles. The van der Waals surface area contributed by atoms with Gasteiger partial charge in [0.2, 0.25) is 0 Å². The molecule has 7 heteroatoms. The van der Waals surface area contributed by atoms with Crippen LogP contribution in [0.5, 0.6) is 5.75 Å². The maximum absolute atomic E-state index is 13.1. The van der Waals surface area contributed by atoms with Crippen molar-refractivity contribution in [1.29, 1.82) is 0 Å². The Labute approximate surface area is 147 Å². The van der Waals surface area contributed by atoms with Gasteiger partial charge in [0, 0.05) is 5.69 Å². The minimum absolute atomic E-state index is 0.168. The number of nitrogens with zero attached hydrogens (tertiary/aromatic N) is 1. The highest BCUT2D eigenvalue weighted by atomic mass is 19.1. The van der Waals surface area contributed by atoms with Gasteiger partial charge in [-0.15, -0.1) is 0 Å². The van der Waals surface area contributed by atoms with Crippen molar-refractivity contribution < 1.29 is 14.2 Å². The molecule has 2 aromatic carbocycles. The average Bonchev–Trinajstić information content (AvgIpc) is 2.59. The predicted octanol–water partition coefficient (Wildman–Crippen LogP) is 3.11. The molecule has 3 rings (SSSR count). The third-order valence-electron chi connectivity index (χ3n) is 4.45. The van der Waals surface area contributed by atoms with Gasteiger partial charge < -0.3 is 25.6 Å². The monoisotopic (exact) mass is 343 g/mol. The molecule has 1 fully saturated rings. The lowest BCUT2D eigenvalue weighted by Gasteiger charge is -2.32. The number of anilines is 3. The Balaban J connectivity index is 1.56. The van der Waals surface area contributed by atoms with Gasteiger partial charge in [0.05, 0.1) is 11.4 Å². The summed E-state index contributed by atoms with van der Waals surface area (Å²) in [7, 11) is -0.398. The summed E-state index contributed by atoms with van der Waals surface area (Å²) in [5, 5.41) is 12.8. The first kappa shape index (κ1) is 17.6. The molecule has 0 amide bonds. The number of nitrogens with one attached hydrogen (secondary N) is 1. The van der Waals surface area contributed by atoms with Crippen LogP contribution in [0.3, 0.4) is 0 Å². The van der Waals surface area contributed by atoms with E-state index in [9.17, 15) is 9.41 Å². The molecule has 0 unspecified atom stereocenters. The van der Waals surface area contributed by atoms with Gasteiger partial charge in [0.25, 0.3) is 0 Å². The average molecular weight is 343 g/mol. The molecule has 5 nitrogen and oxygen atoms in total. The van der Waals surface area contributed by atoms with E-state index < -0.39 is 7.05 Å². The molecule has 0 radical (unpaired) electrons. The van der Waals surface area contributed by atoms with Gasteiger partial charge in [-0.3, -0.25) is 0 Å². The van der Waals surface area contributed by atoms with Crippen molar-refractivity contribution in [3.63, 3.8) is 0 Å². The summed E-state index contributed by atoms with van der Waals surface area (Å²) >= 11 is 0. The van der Waals surface area contributed by atoms with Crippen LogP contribution in [-0.4, -0.2) is 36.1 Å². The van der Waals surface area contributed by atoms with Crippen molar-refractivity contribution in [3.8, 4) is 5.75 Å². The van der Waals surface area contributed by atoms with Crippen molar-refractivity contribution in [3.05, 3.63) is 48.3 Å². The van der Waals surface area contributed by atoms with E-state index >= 15 is 0 Å². The number of halogens is 1. The van der Waals surface area contributed by atoms with E-state index in [4.69, 9.17) is 10.5 Å².